The predicted molar refractivity (Wildman–Crippen MR) is 139 cm³/mol. The van der Waals surface area contributed by atoms with Crippen molar-refractivity contribution in [3.63, 3.8) is 0 Å². The summed E-state index contributed by atoms with van der Waals surface area (Å²) in [5.41, 5.74) is 8.36. The minimum Gasteiger partial charge on any atom is -0.612 e. The summed E-state index contributed by atoms with van der Waals surface area (Å²) in [6, 6.07) is 19.4. The zero-order chi connectivity index (χ0) is 24.9. The van der Waals surface area contributed by atoms with Gasteiger partial charge in [-0.15, -0.1) is 0 Å². The molecule has 0 aromatic heterocycles. The van der Waals surface area contributed by atoms with Crippen LogP contribution in [0.4, 0.5) is 4.39 Å². The van der Waals surface area contributed by atoms with Gasteiger partial charge in [0.25, 0.3) is 0 Å². The zero-order valence-electron chi connectivity index (χ0n) is 19.7. The second-order valence-corrected chi connectivity index (χ2v) is 9.47. The second kappa shape index (κ2) is 10.7. The number of hydrogen-bond donors (Lipinski definition) is 1. The smallest absolute Gasteiger partial charge is 0.244 e. The van der Waals surface area contributed by atoms with Crippen LogP contribution < -0.4 is 10.2 Å². The Balaban J connectivity index is 1.58. The Morgan fingerprint density at radius 2 is 1.86 bits per heavy atom. The fourth-order valence-corrected chi connectivity index (χ4v) is 4.57. The normalized spacial score (nSPS) is 14.9. The number of halogens is 1. The zero-order valence-corrected chi connectivity index (χ0v) is 20.5. The largest absolute Gasteiger partial charge is 0.612 e. The standard InChI is InChI=1S/C28H25FN2O3S/c1-18-24(14-19-8-11-22(12-9-19)35(3)33)23-13-10-21(29)15-26(23)25(18)16-28(32)31-30-17-20-6-4-5-7-27(20)34-2/h4-15,17H,16H2,1-3H3,(H,31,32)/b24-14-,30-17-. The Morgan fingerprint density at radius 3 is 2.57 bits per heavy atom. The maximum absolute atomic E-state index is 14.1. The van der Waals surface area contributed by atoms with Gasteiger partial charge in [-0.2, -0.15) is 5.10 Å². The average molecular weight is 489 g/mol. The molecular formula is C28H25FN2O3S. The van der Waals surface area contributed by atoms with Gasteiger partial charge in [0.2, 0.25) is 5.91 Å². The van der Waals surface area contributed by atoms with E-state index in [1.54, 1.807) is 19.4 Å². The number of hydrazone groups is 1. The van der Waals surface area contributed by atoms with E-state index in [1.165, 1.54) is 18.3 Å². The van der Waals surface area contributed by atoms with Crippen molar-refractivity contribution in [1.29, 1.82) is 0 Å². The van der Waals surface area contributed by atoms with E-state index < -0.39 is 11.2 Å². The first-order valence-corrected chi connectivity index (χ1v) is 12.5. The molecule has 0 heterocycles. The van der Waals surface area contributed by atoms with Gasteiger partial charge in [0, 0.05) is 5.56 Å². The lowest BCUT2D eigenvalue weighted by molar-refractivity contribution is -0.120. The molecule has 5 nitrogen and oxygen atoms in total. The molecule has 0 aliphatic heterocycles. The number of methoxy groups -OCH3 is 1. The van der Waals surface area contributed by atoms with Crippen LogP contribution in [0.25, 0.3) is 17.2 Å². The lowest BCUT2D eigenvalue weighted by Crippen LogP contribution is -2.17. The van der Waals surface area contributed by atoms with Crippen molar-refractivity contribution in [2.75, 3.05) is 13.4 Å². The number of allylic oxidation sites excluding steroid dienone is 2. The van der Waals surface area contributed by atoms with E-state index in [1.807, 2.05) is 61.5 Å². The summed E-state index contributed by atoms with van der Waals surface area (Å²) < 4.78 is 31.1. The predicted octanol–water partition coefficient (Wildman–Crippen LogP) is 5.44. The quantitative estimate of drug-likeness (QED) is 0.273. The highest BCUT2D eigenvalue weighted by Crippen LogP contribution is 2.43. The molecule has 178 valence electrons. The molecule has 1 N–H and O–H groups in total. The van der Waals surface area contributed by atoms with Gasteiger partial charge in [0.05, 0.1) is 19.7 Å². The van der Waals surface area contributed by atoms with E-state index in [0.29, 0.717) is 11.3 Å². The third kappa shape index (κ3) is 5.53. The number of rotatable bonds is 7. The van der Waals surface area contributed by atoms with E-state index in [2.05, 4.69) is 10.5 Å². The Kier molecular flexibility index (Phi) is 7.48. The molecule has 1 atom stereocenters. The Labute approximate surface area is 207 Å². The average Bonchev–Trinajstić information content (AvgIpc) is 3.09. The monoisotopic (exact) mass is 488 g/mol. The van der Waals surface area contributed by atoms with Crippen LogP contribution >= 0.6 is 0 Å². The van der Waals surface area contributed by atoms with Gasteiger partial charge in [-0.05, 0) is 106 Å². The molecule has 0 saturated heterocycles. The minimum absolute atomic E-state index is 0.0522. The number of ether oxygens (including phenoxy) is 1. The maximum atomic E-state index is 14.1. The van der Waals surface area contributed by atoms with Crippen molar-refractivity contribution in [2.24, 2.45) is 5.10 Å². The van der Waals surface area contributed by atoms with Crippen molar-refractivity contribution in [2.45, 2.75) is 18.2 Å². The molecular weight excluding hydrogens is 463 g/mol. The Morgan fingerprint density at radius 1 is 1.11 bits per heavy atom. The van der Waals surface area contributed by atoms with Gasteiger partial charge in [-0.1, -0.05) is 18.2 Å². The number of carbonyl (C=O) groups is 1. The van der Waals surface area contributed by atoms with E-state index in [9.17, 15) is 13.7 Å². The first-order valence-electron chi connectivity index (χ1n) is 11.0. The van der Waals surface area contributed by atoms with Crippen LogP contribution in [-0.2, 0) is 16.0 Å². The Bertz CT molecular complexity index is 1340. The van der Waals surface area contributed by atoms with E-state index in [0.717, 1.165) is 38.3 Å². The SMILES string of the molecule is COc1ccccc1/C=N\NC(=O)CC1=C(C)/C(=C/c2ccc([S+](C)[O-])cc2)c2ccc(F)cc21. The second-order valence-electron chi connectivity index (χ2n) is 8.09. The molecule has 1 unspecified atom stereocenters. The van der Waals surface area contributed by atoms with Crippen LogP contribution in [0.2, 0.25) is 0 Å². The number of fused-ring (bicyclic) bond motifs is 1. The highest BCUT2D eigenvalue weighted by Gasteiger charge is 2.25. The van der Waals surface area contributed by atoms with E-state index in [4.69, 9.17) is 4.74 Å². The van der Waals surface area contributed by atoms with Gasteiger partial charge in [0.15, 0.2) is 4.90 Å². The molecule has 1 aliphatic rings. The van der Waals surface area contributed by atoms with Crippen LogP contribution in [0.3, 0.4) is 0 Å². The number of hydrogen-bond acceptors (Lipinski definition) is 4. The maximum Gasteiger partial charge on any atom is 0.244 e. The van der Waals surface area contributed by atoms with Crippen molar-refractivity contribution in [1.82, 2.24) is 5.43 Å². The van der Waals surface area contributed by atoms with E-state index >= 15 is 0 Å². The molecule has 3 aromatic rings. The number of amides is 1. The number of para-hydroxylation sites is 1. The molecule has 0 radical (unpaired) electrons. The molecule has 0 spiro atoms. The summed E-state index contributed by atoms with van der Waals surface area (Å²) in [6.07, 6.45) is 5.22. The van der Waals surface area contributed by atoms with Crippen molar-refractivity contribution in [3.05, 3.63) is 100 Å². The van der Waals surface area contributed by atoms with Crippen LogP contribution in [0.1, 0.15) is 35.6 Å². The van der Waals surface area contributed by atoms with Gasteiger partial charge >= 0.3 is 0 Å². The summed E-state index contributed by atoms with van der Waals surface area (Å²) in [5, 5.41) is 4.06. The molecule has 1 aliphatic carbocycles. The molecule has 4 rings (SSSR count). The van der Waals surface area contributed by atoms with Crippen molar-refractivity contribution < 1.29 is 18.5 Å². The van der Waals surface area contributed by atoms with Crippen LogP contribution in [0.15, 0.2) is 82.3 Å². The van der Waals surface area contributed by atoms with Gasteiger partial charge < -0.3 is 9.29 Å². The topological polar surface area (TPSA) is 73.8 Å². The molecule has 0 saturated carbocycles. The first-order chi connectivity index (χ1) is 16.9. The van der Waals surface area contributed by atoms with E-state index in [-0.39, 0.29) is 18.1 Å². The fourth-order valence-electron chi connectivity index (χ4n) is 4.05. The molecule has 0 bridgehead atoms. The summed E-state index contributed by atoms with van der Waals surface area (Å²) >= 11 is -1.05. The van der Waals surface area contributed by atoms with Crippen LogP contribution in [-0.4, -0.2) is 30.0 Å². The molecule has 7 heteroatoms. The third-order valence-corrected chi connectivity index (χ3v) is 6.78. The number of carbonyl (C=O) groups excluding carboxylic acids is 1. The molecule has 35 heavy (non-hydrogen) atoms. The summed E-state index contributed by atoms with van der Waals surface area (Å²) in [4.78, 5) is 13.5. The van der Waals surface area contributed by atoms with Crippen molar-refractivity contribution in [3.8, 4) is 5.75 Å². The highest BCUT2D eigenvalue weighted by atomic mass is 32.2. The summed E-state index contributed by atoms with van der Waals surface area (Å²) in [6.45, 7) is 1.93. The van der Waals surface area contributed by atoms with Crippen LogP contribution in [0, 0.1) is 5.82 Å². The summed E-state index contributed by atoms with van der Waals surface area (Å²) in [7, 11) is 1.57. The molecule has 3 aromatic carbocycles. The molecule has 0 fully saturated rings. The highest BCUT2D eigenvalue weighted by molar-refractivity contribution is 7.90. The number of benzene rings is 3. The van der Waals surface area contributed by atoms with Gasteiger partial charge in [-0.25, -0.2) is 9.82 Å². The number of nitrogens with zero attached hydrogens (tertiary/aromatic N) is 1. The lowest BCUT2D eigenvalue weighted by Gasteiger charge is -2.06. The van der Waals surface area contributed by atoms with Crippen molar-refractivity contribution >= 4 is 40.5 Å². The lowest BCUT2D eigenvalue weighted by atomic mass is 10.0. The Hall–Kier alpha value is -3.68. The number of nitrogens with one attached hydrogen (secondary N) is 1. The minimum atomic E-state index is -1.05. The fraction of sp³-hybridized carbons (Fsp3) is 0.143. The van der Waals surface area contributed by atoms with Gasteiger partial charge in [-0.3, -0.25) is 4.79 Å². The molecule has 1 amide bonds. The summed E-state index contributed by atoms with van der Waals surface area (Å²) in [5.74, 6) is -0.0198. The third-order valence-electron chi connectivity index (χ3n) is 5.85. The van der Waals surface area contributed by atoms with Gasteiger partial charge in [0.1, 0.15) is 17.8 Å². The van der Waals surface area contributed by atoms with Crippen LogP contribution in [0.5, 0.6) is 5.75 Å². The first kappa shape index (κ1) is 24.4.